The van der Waals surface area contributed by atoms with E-state index >= 15 is 0 Å². The van der Waals surface area contributed by atoms with Crippen molar-refractivity contribution in [3.63, 3.8) is 0 Å². The third-order valence-electron chi connectivity index (χ3n) is 2.83. The molecule has 1 atom stereocenters. The number of morpholine rings is 1. The summed E-state index contributed by atoms with van der Waals surface area (Å²) in [5, 5.41) is 8.86. The Morgan fingerprint density at radius 1 is 1.50 bits per heavy atom. The van der Waals surface area contributed by atoms with Crippen LogP contribution in [0.25, 0.3) is 0 Å². The standard InChI is InChI=1S/C11H11BrFNO5S/c12-8-2-1-7(5-9(8)13)20(17,18)14-3-4-19-10(6-14)11(15)16/h1-2,5,10H,3-4,6H2,(H,15,16). The van der Waals surface area contributed by atoms with Crippen molar-refractivity contribution >= 4 is 31.9 Å². The lowest BCUT2D eigenvalue weighted by molar-refractivity contribution is -0.153. The van der Waals surface area contributed by atoms with E-state index in [4.69, 9.17) is 9.84 Å². The quantitative estimate of drug-likeness (QED) is 0.863. The van der Waals surface area contributed by atoms with Crippen LogP contribution in [0.5, 0.6) is 0 Å². The Morgan fingerprint density at radius 2 is 2.20 bits per heavy atom. The van der Waals surface area contributed by atoms with Gasteiger partial charge in [-0.15, -0.1) is 0 Å². The highest BCUT2D eigenvalue weighted by molar-refractivity contribution is 9.10. The molecule has 1 aliphatic rings. The van der Waals surface area contributed by atoms with Crippen LogP contribution in [0.15, 0.2) is 27.6 Å². The first kappa shape index (κ1) is 15.4. The van der Waals surface area contributed by atoms with Gasteiger partial charge in [-0.2, -0.15) is 4.31 Å². The van der Waals surface area contributed by atoms with Crippen LogP contribution in [0.3, 0.4) is 0 Å². The fourth-order valence-electron chi connectivity index (χ4n) is 1.78. The maximum absolute atomic E-state index is 13.4. The van der Waals surface area contributed by atoms with E-state index in [9.17, 15) is 17.6 Å². The Balaban J connectivity index is 2.29. The Bertz CT molecular complexity index is 636. The smallest absolute Gasteiger partial charge is 0.334 e. The number of carbonyl (C=O) groups is 1. The van der Waals surface area contributed by atoms with Gasteiger partial charge in [-0.05, 0) is 34.1 Å². The van der Waals surface area contributed by atoms with E-state index in [1.54, 1.807) is 0 Å². The molecule has 6 nitrogen and oxygen atoms in total. The van der Waals surface area contributed by atoms with Gasteiger partial charge in [0.25, 0.3) is 0 Å². The van der Waals surface area contributed by atoms with Crippen molar-refractivity contribution in [2.45, 2.75) is 11.0 Å². The molecule has 1 aromatic rings. The van der Waals surface area contributed by atoms with Gasteiger partial charge in [0.1, 0.15) is 5.82 Å². The van der Waals surface area contributed by atoms with Gasteiger partial charge in [0, 0.05) is 6.54 Å². The van der Waals surface area contributed by atoms with E-state index in [0.717, 1.165) is 10.4 Å². The molecular weight excluding hydrogens is 357 g/mol. The Kier molecular flexibility index (Phi) is 4.43. The predicted molar refractivity (Wildman–Crippen MR) is 70.2 cm³/mol. The molecule has 0 amide bonds. The van der Waals surface area contributed by atoms with Crippen molar-refractivity contribution in [1.82, 2.24) is 4.31 Å². The van der Waals surface area contributed by atoms with Crippen molar-refractivity contribution in [2.75, 3.05) is 19.7 Å². The van der Waals surface area contributed by atoms with Gasteiger partial charge in [0.15, 0.2) is 6.10 Å². The fourth-order valence-corrected chi connectivity index (χ4v) is 3.46. The first-order valence-corrected chi connectivity index (χ1v) is 7.85. The van der Waals surface area contributed by atoms with Crippen LogP contribution in [0.1, 0.15) is 0 Å². The monoisotopic (exact) mass is 367 g/mol. The minimum atomic E-state index is -3.94. The molecule has 0 radical (unpaired) electrons. The molecule has 2 rings (SSSR count). The summed E-state index contributed by atoms with van der Waals surface area (Å²) in [5.74, 6) is -1.93. The number of carboxylic acids is 1. The molecule has 1 fully saturated rings. The highest BCUT2D eigenvalue weighted by Crippen LogP contribution is 2.23. The minimum Gasteiger partial charge on any atom is -0.479 e. The molecule has 110 valence electrons. The lowest BCUT2D eigenvalue weighted by Gasteiger charge is -2.30. The number of rotatable bonds is 3. The Hall–Kier alpha value is -1.03. The molecule has 0 aliphatic carbocycles. The molecule has 0 saturated carbocycles. The van der Waals surface area contributed by atoms with Crippen molar-refractivity contribution in [2.24, 2.45) is 0 Å². The van der Waals surface area contributed by atoms with Gasteiger partial charge < -0.3 is 9.84 Å². The van der Waals surface area contributed by atoms with Gasteiger partial charge >= 0.3 is 5.97 Å². The lowest BCUT2D eigenvalue weighted by atomic mass is 10.3. The number of aliphatic carboxylic acids is 1. The van der Waals surface area contributed by atoms with Crippen LogP contribution in [0.2, 0.25) is 0 Å². The van der Waals surface area contributed by atoms with Crippen molar-refractivity contribution in [3.05, 3.63) is 28.5 Å². The number of halogens is 2. The Labute approximate surface area is 123 Å². The van der Waals surface area contributed by atoms with Crippen molar-refractivity contribution < 1.29 is 27.4 Å². The zero-order valence-corrected chi connectivity index (χ0v) is 12.5. The zero-order valence-electron chi connectivity index (χ0n) is 10.1. The van der Waals surface area contributed by atoms with Crippen LogP contribution < -0.4 is 0 Å². The molecule has 20 heavy (non-hydrogen) atoms. The maximum atomic E-state index is 13.4. The predicted octanol–water partition coefficient (Wildman–Crippen LogP) is 1.06. The van der Waals surface area contributed by atoms with Crippen molar-refractivity contribution in [1.29, 1.82) is 0 Å². The summed E-state index contributed by atoms with van der Waals surface area (Å²) >= 11 is 2.94. The van der Waals surface area contributed by atoms with E-state index in [2.05, 4.69) is 15.9 Å². The molecule has 1 aromatic carbocycles. The number of carboxylic acid groups (broad SMARTS) is 1. The van der Waals surface area contributed by atoms with Crippen LogP contribution >= 0.6 is 15.9 Å². The number of ether oxygens (including phenoxy) is 1. The average Bonchev–Trinajstić information content (AvgIpc) is 2.42. The lowest BCUT2D eigenvalue weighted by Crippen LogP contribution is -2.48. The van der Waals surface area contributed by atoms with E-state index in [-0.39, 0.29) is 29.1 Å². The maximum Gasteiger partial charge on any atom is 0.334 e. The summed E-state index contributed by atoms with van der Waals surface area (Å²) in [6, 6.07) is 3.44. The molecule has 1 aliphatic heterocycles. The van der Waals surface area contributed by atoms with E-state index in [1.807, 2.05) is 0 Å². The van der Waals surface area contributed by atoms with Gasteiger partial charge in [-0.1, -0.05) is 0 Å². The molecule has 9 heteroatoms. The molecule has 1 saturated heterocycles. The van der Waals surface area contributed by atoms with Gasteiger partial charge in [-0.25, -0.2) is 17.6 Å². The molecule has 1 N–H and O–H groups in total. The van der Waals surface area contributed by atoms with Gasteiger partial charge in [0.05, 0.1) is 22.5 Å². The largest absolute Gasteiger partial charge is 0.479 e. The Morgan fingerprint density at radius 3 is 2.80 bits per heavy atom. The van der Waals surface area contributed by atoms with Gasteiger partial charge in [-0.3, -0.25) is 0 Å². The number of hydrogen-bond donors (Lipinski definition) is 1. The second-order valence-corrected chi connectivity index (χ2v) is 6.93. The third-order valence-corrected chi connectivity index (χ3v) is 5.34. The normalized spacial score (nSPS) is 20.8. The van der Waals surface area contributed by atoms with E-state index in [0.29, 0.717) is 0 Å². The van der Waals surface area contributed by atoms with Crippen LogP contribution in [-0.2, 0) is 19.6 Å². The summed E-state index contributed by atoms with van der Waals surface area (Å²) in [4.78, 5) is 10.6. The highest BCUT2D eigenvalue weighted by Gasteiger charge is 2.34. The SMILES string of the molecule is O=C(O)C1CN(S(=O)(=O)c2ccc(Br)c(F)c2)CCO1. The van der Waals surface area contributed by atoms with Crippen molar-refractivity contribution in [3.8, 4) is 0 Å². The molecule has 1 heterocycles. The van der Waals surface area contributed by atoms with E-state index < -0.39 is 27.9 Å². The molecule has 0 spiro atoms. The summed E-state index contributed by atoms with van der Waals surface area (Å²) in [6.07, 6.45) is -1.21. The second-order valence-electron chi connectivity index (χ2n) is 4.14. The van der Waals surface area contributed by atoms with Gasteiger partial charge in [0.2, 0.25) is 10.0 Å². The number of nitrogens with zero attached hydrogens (tertiary/aromatic N) is 1. The summed E-state index contributed by atoms with van der Waals surface area (Å²) in [6.45, 7) is -0.283. The highest BCUT2D eigenvalue weighted by atomic mass is 79.9. The minimum absolute atomic E-state index is 0.0186. The topological polar surface area (TPSA) is 83.9 Å². The molecule has 1 unspecified atom stereocenters. The van der Waals surface area contributed by atoms with Crippen LogP contribution in [0, 0.1) is 5.82 Å². The first-order chi connectivity index (χ1) is 9.32. The van der Waals surface area contributed by atoms with Crippen LogP contribution in [-0.4, -0.2) is 49.6 Å². The average molecular weight is 368 g/mol. The second kappa shape index (κ2) is 5.76. The summed E-state index contributed by atoms with van der Waals surface area (Å²) in [7, 11) is -3.94. The zero-order chi connectivity index (χ0) is 14.9. The summed E-state index contributed by atoms with van der Waals surface area (Å²) in [5.41, 5.74) is 0. The fraction of sp³-hybridized carbons (Fsp3) is 0.364. The molecule has 0 bridgehead atoms. The molecular formula is C11H11BrFNO5S. The number of sulfonamides is 1. The van der Waals surface area contributed by atoms with E-state index in [1.165, 1.54) is 12.1 Å². The number of hydrogen-bond acceptors (Lipinski definition) is 4. The third kappa shape index (κ3) is 3.00. The van der Waals surface area contributed by atoms with Crippen LogP contribution in [0.4, 0.5) is 4.39 Å². The first-order valence-electron chi connectivity index (χ1n) is 5.62. The molecule has 0 aromatic heterocycles. The summed E-state index contributed by atoms with van der Waals surface area (Å²) < 4.78 is 44.2. The number of benzene rings is 1.